The van der Waals surface area contributed by atoms with Gasteiger partial charge in [-0.25, -0.2) is 4.98 Å². The maximum atomic E-state index is 9.11. The zero-order chi connectivity index (χ0) is 15.5. The Morgan fingerprint density at radius 2 is 2.14 bits per heavy atom. The number of hydrogen-bond donors (Lipinski definition) is 1. The van der Waals surface area contributed by atoms with Crippen LogP contribution in [0, 0.1) is 0 Å². The molecule has 2 aromatic rings. The maximum Gasteiger partial charge on any atom is 0.128 e. The fourth-order valence-electron chi connectivity index (χ4n) is 3.13. The number of aliphatic hydroxyl groups excluding tert-OH is 1. The van der Waals surface area contributed by atoms with Gasteiger partial charge in [0.15, 0.2) is 0 Å². The molecule has 120 valence electrons. The van der Waals surface area contributed by atoms with E-state index >= 15 is 0 Å². The molecule has 0 unspecified atom stereocenters. The number of aromatic nitrogens is 4. The number of hydrogen-bond acceptors (Lipinski definition) is 4. The first kappa shape index (κ1) is 15.5. The van der Waals surface area contributed by atoms with Crippen LogP contribution in [0.1, 0.15) is 30.3 Å². The van der Waals surface area contributed by atoms with Gasteiger partial charge in [0.1, 0.15) is 11.0 Å². The number of imidazole rings is 1. The summed E-state index contributed by atoms with van der Waals surface area (Å²) in [6.45, 7) is 3.63. The third-order valence-electron chi connectivity index (χ3n) is 4.46. The zero-order valence-electron chi connectivity index (χ0n) is 12.8. The van der Waals surface area contributed by atoms with E-state index in [4.69, 9.17) is 16.7 Å². The highest BCUT2D eigenvalue weighted by Gasteiger charge is 2.24. The van der Waals surface area contributed by atoms with Crippen molar-refractivity contribution >= 4 is 11.6 Å². The van der Waals surface area contributed by atoms with Crippen LogP contribution in [0.2, 0.25) is 5.15 Å². The molecule has 0 bridgehead atoms. The van der Waals surface area contributed by atoms with E-state index in [0.717, 1.165) is 38.3 Å². The van der Waals surface area contributed by atoms with Gasteiger partial charge in [0.2, 0.25) is 0 Å². The zero-order valence-corrected chi connectivity index (χ0v) is 13.6. The lowest BCUT2D eigenvalue weighted by Crippen LogP contribution is -2.34. The summed E-state index contributed by atoms with van der Waals surface area (Å²) >= 11 is 6.04. The molecule has 0 atom stereocenters. The lowest BCUT2D eigenvalue weighted by Gasteiger charge is -2.31. The van der Waals surface area contributed by atoms with Gasteiger partial charge in [-0.15, -0.1) is 0 Å². The van der Waals surface area contributed by atoms with Crippen LogP contribution in [0.5, 0.6) is 0 Å². The Balaban J connectivity index is 1.58. The molecule has 1 N–H and O–H groups in total. The van der Waals surface area contributed by atoms with Gasteiger partial charge in [0, 0.05) is 24.9 Å². The minimum atomic E-state index is 0.132. The van der Waals surface area contributed by atoms with Crippen molar-refractivity contribution < 1.29 is 5.11 Å². The second kappa shape index (κ2) is 6.81. The molecule has 1 fully saturated rings. The summed E-state index contributed by atoms with van der Waals surface area (Å²) in [4.78, 5) is 6.78. The maximum absolute atomic E-state index is 9.11. The third kappa shape index (κ3) is 3.19. The highest BCUT2D eigenvalue weighted by Crippen LogP contribution is 2.28. The number of likely N-dealkylation sites (tertiary alicyclic amines) is 1. The molecule has 0 aliphatic carbocycles. The van der Waals surface area contributed by atoms with E-state index in [1.807, 2.05) is 22.5 Å². The van der Waals surface area contributed by atoms with Crippen LogP contribution in [0.25, 0.3) is 0 Å². The molecule has 3 heterocycles. The van der Waals surface area contributed by atoms with E-state index in [9.17, 15) is 0 Å². The van der Waals surface area contributed by atoms with Gasteiger partial charge in [-0.3, -0.25) is 9.58 Å². The van der Waals surface area contributed by atoms with Crippen molar-refractivity contribution in [2.24, 2.45) is 7.05 Å². The molecule has 6 nitrogen and oxygen atoms in total. The molecule has 22 heavy (non-hydrogen) atoms. The van der Waals surface area contributed by atoms with Crippen LogP contribution < -0.4 is 0 Å². The van der Waals surface area contributed by atoms with Gasteiger partial charge in [0.05, 0.1) is 25.9 Å². The molecule has 1 saturated heterocycles. The summed E-state index contributed by atoms with van der Waals surface area (Å²) in [5.41, 5.74) is 1.24. The molecule has 7 heteroatoms. The lowest BCUT2D eigenvalue weighted by atomic mass is 9.93. The molecular formula is C15H22ClN5O. The van der Waals surface area contributed by atoms with E-state index in [0.29, 0.717) is 17.6 Å². The monoisotopic (exact) mass is 323 g/mol. The third-order valence-corrected chi connectivity index (χ3v) is 4.81. The largest absolute Gasteiger partial charge is 0.394 e. The standard InChI is InChI=1S/C15H22ClN5O/c1-19-14(16)10-17-15(19)11-20-6-3-12(4-7-20)13-2-5-18-21(13)8-9-22/h2,5,10,12,22H,3-4,6-9,11H2,1H3. The molecule has 1 aliphatic heterocycles. The van der Waals surface area contributed by atoms with Crippen molar-refractivity contribution in [2.45, 2.75) is 31.8 Å². The number of nitrogens with zero attached hydrogens (tertiary/aromatic N) is 5. The summed E-state index contributed by atoms with van der Waals surface area (Å²) in [5.74, 6) is 1.53. The predicted octanol–water partition coefficient (Wildman–Crippen LogP) is 1.64. The van der Waals surface area contributed by atoms with Gasteiger partial charge in [-0.05, 0) is 32.0 Å². The Hall–Kier alpha value is -1.37. The van der Waals surface area contributed by atoms with Gasteiger partial charge in [-0.2, -0.15) is 5.10 Å². The molecule has 2 aromatic heterocycles. The predicted molar refractivity (Wildman–Crippen MR) is 84.8 cm³/mol. The number of rotatable bonds is 5. The second-order valence-corrected chi connectivity index (χ2v) is 6.20. The van der Waals surface area contributed by atoms with Crippen LogP contribution in [0.15, 0.2) is 18.5 Å². The van der Waals surface area contributed by atoms with E-state index < -0.39 is 0 Å². The van der Waals surface area contributed by atoms with Crippen molar-refractivity contribution in [3.05, 3.63) is 35.1 Å². The minimum Gasteiger partial charge on any atom is -0.394 e. The van der Waals surface area contributed by atoms with Gasteiger partial charge < -0.3 is 9.67 Å². The van der Waals surface area contributed by atoms with Crippen molar-refractivity contribution in [1.29, 1.82) is 0 Å². The first-order valence-corrected chi connectivity index (χ1v) is 8.08. The summed E-state index contributed by atoms with van der Waals surface area (Å²) in [7, 11) is 1.95. The highest BCUT2D eigenvalue weighted by molar-refractivity contribution is 6.29. The van der Waals surface area contributed by atoms with Crippen molar-refractivity contribution in [3.63, 3.8) is 0 Å². The lowest BCUT2D eigenvalue weighted by molar-refractivity contribution is 0.193. The van der Waals surface area contributed by atoms with Crippen molar-refractivity contribution in [2.75, 3.05) is 19.7 Å². The molecule has 0 aromatic carbocycles. The quantitative estimate of drug-likeness (QED) is 0.909. The first-order valence-electron chi connectivity index (χ1n) is 7.70. The topological polar surface area (TPSA) is 59.1 Å². The number of piperidine rings is 1. The van der Waals surface area contributed by atoms with E-state index in [2.05, 4.69) is 21.0 Å². The Morgan fingerprint density at radius 3 is 2.77 bits per heavy atom. The fourth-order valence-corrected chi connectivity index (χ4v) is 3.28. The number of halogens is 1. The van der Waals surface area contributed by atoms with Crippen LogP contribution in [-0.2, 0) is 20.1 Å². The second-order valence-electron chi connectivity index (χ2n) is 5.81. The molecule has 0 radical (unpaired) electrons. The van der Waals surface area contributed by atoms with Crippen LogP contribution in [-0.4, -0.2) is 49.0 Å². The minimum absolute atomic E-state index is 0.132. The van der Waals surface area contributed by atoms with Crippen LogP contribution in [0.4, 0.5) is 0 Å². The Kier molecular flexibility index (Phi) is 4.81. The van der Waals surface area contributed by atoms with Crippen LogP contribution >= 0.6 is 11.6 Å². The Bertz CT molecular complexity index is 615. The average Bonchev–Trinajstić information content (AvgIpc) is 3.11. The molecule has 3 rings (SSSR count). The SMILES string of the molecule is Cn1c(Cl)cnc1CN1CCC(c2ccnn2CCO)CC1. The average molecular weight is 324 g/mol. The van der Waals surface area contributed by atoms with Crippen LogP contribution in [0.3, 0.4) is 0 Å². The fraction of sp³-hybridized carbons (Fsp3) is 0.600. The summed E-state index contributed by atoms with van der Waals surface area (Å²) in [6, 6.07) is 2.08. The molecule has 0 spiro atoms. The Morgan fingerprint density at radius 1 is 1.36 bits per heavy atom. The molecule has 1 aliphatic rings. The van der Waals surface area contributed by atoms with Gasteiger partial charge in [0.25, 0.3) is 0 Å². The summed E-state index contributed by atoms with van der Waals surface area (Å²) in [5, 5.41) is 14.1. The van der Waals surface area contributed by atoms with Gasteiger partial charge in [-0.1, -0.05) is 11.6 Å². The normalized spacial score (nSPS) is 17.2. The van der Waals surface area contributed by atoms with E-state index in [1.54, 1.807) is 6.20 Å². The van der Waals surface area contributed by atoms with Crippen molar-refractivity contribution in [3.8, 4) is 0 Å². The summed E-state index contributed by atoms with van der Waals surface area (Å²) < 4.78 is 3.86. The van der Waals surface area contributed by atoms with E-state index in [1.165, 1.54) is 5.69 Å². The molecule has 0 amide bonds. The number of aliphatic hydroxyl groups is 1. The molecule has 0 saturated carbocycles. The first-order chi connectivity index (χ1) is 10.7. The Labute approximate surface area is 135 Å². The summed E-state index contributed by atoms with van der Waals surface area (Å²) in [6.07, 6.45) is 5.74. The molecular weight excluding hydrogens is 302 g/mol. The van der Waals surface area contributed by atoms with Gasteiger partial charge >= 0.3 is 0 Å². The van der Waals surface area contributed by atoms with E-state index in [-0.39, 0.29) is 6.61 Å². The smallest absolute Gasteiger partial charge is 0.128 e. The highest BCUT2D eigenvalue weighted by atomic mass is 35.5. The van der Waals surface area contributed by atoms with Crippen molar-refractivity contribution in [1.82, 2.24) is 24.2 Å².